The number of aryl methyl sites for hydroxylation is 3. The minimum atomic E-state index is 1.27. The van der Waals surface area contributed by atoms with Crippen LogP contribution in [0.5, 0.6) is 0 Å². The summed E-state index contributed by atoms with van der Waals surface area (Å²) in [6.45, 7) is 2.29. The molecule has 0 nitrogen and oxygen atoms in total. The van der Waals surface area contributed by atoms with E-state index in [1.165, 1.54) is 58.9 Å². The molecule has 1 aliphatic carbocycles. The van der Waals surface area contributed by atoms with E-state index >= 15 is 0 Å². The summed E-state index contributed by atoms with van der Waals surface area (Å²) >= 11 is 1.97. The normalized spacial score (nSPS) is 16.1. The average Bonchev–Trinajstić information content (AvgIpc) is 2.81. The summed E-state index contributed by atoms with van der Waals surface area (Å²) in [5.41, 5.74) is 4.75. The van der Waals surface area contributed by atoms with E-state index in [0.717, 1.165) is 0 Å². The molecular formula is C19H20S. The fourth-order valence-corrected chi connectivity index (χ4v) is 4.88. The molecule has 0 unspecified atom stereocenters. The molecule has 1 heterocycles. The van der Waals surface area contributed by atoms with E-state index in [-0.39, 0.29) is 0 Å². The molecule has 2 aromatic carbocycles. The number of hydrogen-bond acceptors (Lipinski definition) is 1. The summed E-state index contributed by atoms with van der Waals surface area (Å²) in [4.78, 5) is 0. The lowest BCUT2D eigenvalue weighted by Gasteiger charge is -2.16. The molecule has 0 saturated heterocycles. The van der Waals surface area contributed by atoms with Gasteiger partial charge in [0.15, 0.2) is 0 Å². The van der Waals surface area contributed by atoms with E-state index in [2.05, 4.69) is 37.3 Å². The van der Waals surface area contributed by atoms with Crippen LogP contribution in [-0.2, 0) is 12.8 Å². The highest BCUT2D eigenvalue weighted by atomic mass is 32.1. The highest BCUT2D eigenvalue weighted by Gasteiger charge is 2.16. The zero-order valence-electron chi connectivity index (χ0n) is 12.0. The van der Waals surface area contributed by atoms with Gasteiger partial charge >= 0.3 is 0 Å². The number of thiophene rings is 1. The van der Waals surface area contributed by atoms with Gasteiger partial charge in [0.2, 0.25) is 0 Å². The van der Waals surface area contributed by atoms with Crippen molar-refractivity contribution in [3.8, 4) is 0 Å². The Bertz CT molecular complexity index is 779. The van der Waals surface area contributed by atoms with Gasteiger partial charge in [0.25, 0.3) is 0 Å². The van der Waals surface area contributed by atoms with Gasteiger partial charge in [-0.3, -0.25) is 0 Å². The molecular weight excluding hydrogens is 260 g/mol. The molecule has 0 N–H and O–H groups in total. The predicted octanol–water partition coefficient (Wildman–Crippen LogP) is 6.02. The summed E-state index contributed by atoms with van der Waals surface area (Å²) < 4.78 is 2.96. The van der Waals surface area contributed by atoms with Gasteiger partial charge in [-0.2, -0.15) is 0 Å². The van der Waals surface area contributed by atoms with Gasteiger partial charge in [-0.1, -0.05) is 37.1 Å². The van der Waals surface area contributed by atoms with Crippen LogP contribution in [0.15, 0.2) is 30.3 Å². The summed E-state index contributed by atoms with van der Waals surface area (Å²) in [5, 5.41) is 3.05. The molecule has 20 heavy (non-hydrogen) atoms. The molecule has 0 bridgehead atoms. The first kappa shape index (κ1) is 12.4. The molecule has 0 atom stereocenters. The Hall–Kier alpha value is -1.34. The minimum absolute atomic E-state index is 1.27. The molecule has 102 valence electrons. The van der Waals surface area contributed by atoms with Crippen molar-refractivity contribution in [2.24, 2.45) is 0 Å². The molecule has 0 fully saturated rings. The highest BCUT2D eigenvalue weighted by Crippen LogP contribution is 2.40. The van der Waals surface area contributed by atoms with Crippen molar-refractivity contribution >= 4 is 31.5 Å². The number of benzene rings is 2. The second-order valence-electron chi connectivity index (χ2n) is 6.05. The fourth-order valence-electron chi connectivity index (χ4n) is 3.68. The first-order valence-electron chi connectivity index (χ1n) is 7.77. The van der Waals surface area contributed by atoms with Gasteiger partial charge < -0.3 is 0 Å². The van der Waals surface area contributed by atoms with Crippen molar-refractivity contribution in [2.45, 2.75) is 45.4 Å². The minimum Gasteiger partial charge on any atom is -0.135 e. The summed E-state index contributed by atoms with van der Waals surface area (Å²) in [6.07, 6.45) is 8.07. The third-order valence-electron chi connectivity index (χ3n) is 4.66. The lowest BCUT2D eigenvalue weighted by atomic mass is 9.89. The van der Waals surface area contributed by atoms with Crippen LogP contribution >= 0.6 is 11.3 Å². The standard InChI is InChI=1S/C19H20S/c1-13-12-14-8-4-2-3-5-9-15(14)18-16-10-6-7-11-17(16)20-19(13)18/h6-7,10-12H,2-5,8-9H2,1H3. The van der Waals surface area contributed by atoms with E-state index in [4.69, 9.17) is 0 Å². The fraction of sp³-hybridized carbons (Fsp3) is 0.368. The molecule has 0 aliphatic heterocycles. The van der Waals surface area contributed by atoms with Crippen molar-refractivity contribution in [1.82, 2.24) is 0 Å². The van der Waals surface area contributed by atoms with Crippen LogP contribution in [0, 0.1) is 6.92 Å². The van der Waals surface area contributed by atoms with Crippen molar-refractivity contribution < 1.29 is 0 Å². The van der Waals surface area contributed by atoms with Crippen LogP contribution < -0.4 is 0 Å². The molecule has 4 rings (SSSR count). The van der Waals surface area contributed by atoms with E-state index in [0.29, 0.717) is 0 Å². The van der Waals surface area contributed by atoms with Gasteiger partial charge in [-0.15, -0.1) is 11.3 Å². The molecule has 0 spiro atoms. The first-order chi connectivity index (χ1) is 9.84. The number of fused-ring (bicyclic) bond motifs is 5. The Morgan fingerprint density at radius 1 is 0.950 bits per heavy atom. The molecule has 0 radical (unpaired) electrons. The smallest absolute Gasteiger partial charge is 0.0387 e. The Morgan fingerprint density at radius 2 is 1.75 bits per heavy atom. The molecule has 1 aromatic heterocycles. The van der Waals surface area contributed by atoms with Gasteiger partial charge in [-0.25, -0.2) is 0 Å². The maximum atomic E-state index is 2.47. The van der Waals surface area contributed by atoms with E-state index in [1.54, 1.807) is 16.5 Å². The van der Waals surface area contributed by atoms with Gasteiger partial charge in [0.05, 0.1) is 0 Å². The Balaban J connectivity index is 2.11. The Kier molecular flexibility index (Phi) is 3.03. The van der Waals surface area contributed by atoms with Crippen LogP contribution in [0.3, 0.4) is 0 Å². The number of hydrogen-bond donors (Lipinski definition) is 0. The van der Waals surface area contributed by atoms with Crippen LogP contribution in [0.1, 0.15) is 42.4 Å². The maximum absolute atomic E-state index is 2.47. The monoisotopic (exact) mass is 280 g/mol. The SMILES string of the molecule is Cc1cc2c(c3c1sc1ccccc13)CCCCCC2. The third kappa shape index (κ3) is 1.88. The molecule has 1 heteroatoms. The zero-order valence-corrected chi connectivity index (χ0v) is 12.9. The quantitative estimate of drug-likeness (QED) is 0.472. The van der Waals surface area contributed by atoms with Crippen LogP contribution in [0.25, 0.3) is 20.2 Å². The lowest BCUT2D eigenvalue weighted by Crippen LogP contribution is -2.01. The molecule has 3 aromatic rings. The van der Waals surface area contributed by atoms with Crippen LogP contribution in [0.4, 0.5) is 0 Å². The molecule has 0 amide bonds. The second kappa shape index (κ2) is 4.89. The van der Waals surface area contributed by atoms with E-state index < -0.39 is 0 Å². The van der Waals surface area contributed by atoms with Crippen molar-refractivity contribution in [3.05, 3.63) is 47.0 Å². The van der Waals surface area contributed by atoms with Gasteiger partial charge in [-0.05, 0) is 55.4 Å². The second-order valence-corrected chi connectivity index (χ2v) is 7.10. The van der Waals surface area contributed by atoms with Crippen LogP contribution in [-0.4, -0.2) is 0 Å². The summed E-state index contributed by atoms with van der Waals surface area (Å²) in [5.74, 6) is 0. The lowest BCUT2D eigenvalue weighted by molar-refractivity contribution is 0.619. The molecule has 1 aliphatic rings. The third-order valence-corrected chi connectivity index (χ3v) is 5.96. The summed E-state index contributed by atoms with van der Waals surface area (Å²) in [7, 11) is 0. The maximum Gasteiger partial charge on any atom is 0.0387 e. The van der Waals surface area contributed by atoms with Crippen molar-refractivity contribution in [2.75, 3.05) is 0 Å². The average molecular weight is 280 g/mol. The summed E-state index contributed by atoms with van der Waals surface area (Å²) in [6, 6.07) is 11.4. The highest BCUT2D eigenvalue weighted by molar-refractivity contribution is 7.26. The zero-order chi connectivity index (χ0) is 13.5. The largest absolute Gasteiger partial charge is 0.135 e. The van der Waals surface area contributed by atoms with E-state index in [1.807, 2.05) is 11.3 Å². The predicted molar refractivity (Wildman–Crippen MR) is 89.9 cm³/mol. The topological polar surface area (TPSA) is 0 Å². The number of rotatable bonds is 0. The van der Waals surface area contributed by atoms with Gasteiger partial charge in [0.1, 0.15) is 0 Å². The Labute approximate surface area is 124 Å². The van der Waals surface area contributed by atoms with Crippen molar-refractivity contribution in [3.63, 3.8) is 0 Å². The first-order valence-corrected chi connectivity index (χ1v) is 8.59. The molecule has 0 saturated carbocycles. The van der Waals surface area contributed by atoms with E-state index in [9.17, 15) is 0 Å². The van der Waals surface area contributed by atoms with Crippen LogP contribution in [0.2, 0.25) is 0 Å². The Morgan fingerprint density at radius 3 is 2.65 bits per heavy atom. The van der Waals surface area contributed by atoms with Gasteiger partial charge in [0, 0.05) is 20.2 Å². The van der Waals surface area contributed by atoms with Crippen molar-refractivity contribution in [1.29, 1.82) is 0 Å².